The topological polar surface area (TPSA) is 32.9 Å². The normalized spacial score (nSPS) is 12.5. The van der Waals surface area contributed by atoms with Crippen molar-refractivity contribution in [1.29, 1.82) is 0 Å². The molecule has 1 N–H and O–H groups in total. The number of halogens is 1. The number of thioether (sulfide) groups is 1. The number of para-hydroxylation sites is 1. The van der Waals surface area contributed by atoms with E-state index < -0.39 is 0 Å². The van der Waals surface area contributed by atoms with Crippen LogP contribution in [0.1, 0.15) is 28.1 Å². The number of nitrogens with one attached hydrogen (secondary N) is 1. The lowest BCUT2D eigenvalue weighted by Crippen LogP contribution is -2.03. The van der Waals surface area contributed by atoms with E-state index in [-0.39, 0.29) is 16.9 Å². The number of hydrogen-bond donors (Lipinski definition) is 1. The summed E-state index contributed by atoms with van der Waals surface area (Å²) in [6.45, 7) is 2.03. The molecule has 1 heterocycles. The summed E-state index contributed by atoms with van der Waals surface area (Å²) in [5, 5.41) is 1.11. The van der Waals surface area contributed by atoms with Crippen molar-refractivity contribution < 1.29 is 9.18 Å². The maximum Gasteiger partial charge on any atom is 0.174 e. The Morgan fingerprint density at radius 3 is 2.68 bits per heavy atom. The molecular formula is C18H16FNOS. The van der Waals surface area contributed by atoms with Crippen LogP contribution in [0.2, 0.25) is 0 Å². The molecule has 0 saturated heterocycles. The number of hydrogen-bond acceptors (Lipinski definition) is 2. The van der Waals surface area contributed by atoms with Crippen molar-refractivity contribution in [1.82, 2.24) is 4.98 Å². The van der Waals surface area contributed by atoms with E-state index in [1.807, 2.05) is 31.2 Å². The van der Waals surface area contributed by atoms with Gasteiger partial charge in [0.05, 0.1) is 5.75 Å². The molecule has 22 heavy (non-hydrogen) atoms. The van der Waals surface area contributed by atoms with Crippen LogP contribution in [0, 0.1) is 5.82 Å². The molecule has 2 aromatic carbocycles. The van der Waals surface area contributed by atoms with E-state index in [0.29, 0.717) is 5.75 Å². The Kier molecular flexibility index (Phi) is 4.29. The van der Waals surface area contributed by atoms with Gasteiger partial charge in [-0.05, 0) is 30.7 Å². The standard InChI is InChI=1S/C18H16FNOS/c1-12(13-6-8-14(19)9-7-13)22-11-18(21)16-10-20-17-5-3-2-4-15(16)17/h2-10,12,20H,11H2,1H3. The number of carbonyl (C=O) groups excluding carboxylic acids is 1. The molecule has 0 aliphatic rings. The first-order chi connectivity index (χ1) is 10.6. The van der Waals surface area contributed by atoms with Gasteiger partial charge >= 0.3 is 0 Å². The molecule has 0 amide bonds. The minimum atomic E-state index is -0.240. The third kappa shape index (κ3) is 3.07. The third-order valence-electron chi connectivity index (χ3n) is 3.69. The quantitative estimate of drug-likeness (QED) is 0.674. The summed E-state index contributed by atoms with van der Waals surface area (Å²) in [7, 11) is 0. The van der Waals surface area contributed by atoms with Crippen molar-refractivity contribution in [2.24, 2.45) is 0 Å². The van der Waals surface area contributed by atoms with Crippen molar-refractivity contribution >= 4 is 28.4 Å². The lowest BCUT2D eigenvalue weighted by molar-refractivity contribution is 0.102. The average Bonchev–Trinajstić information content (AvgIpc) is 2.97. The summed E-state index contributed by atoms with van der Waals surface area (Å²) >= 11 is 1.56. The molecule has 1 unspecified atom stereocenters. The highest BCUT2D eigenvalue weighted by atomic mass is 32.2. The van der Waals surface area contributed by atoms with Crippen LogP contribution in [0.25, 0.3) is 10.9 Å². The zero-order valence-electron chi connectivity index (χ0n) is 12.2. The summed E-state index contributed by atoms with van der Waals surface area (Å²) in [5.74, 6) is 0.271. The fourth-order valence-corrected chi connectivity index (χ4v) is 3.32. The third-order valence-corrected chi connectivity index (χ3v) is 4.89. The average molecular weight is 313 g/mol. The molecule has 0 aliphatic carbocycles. The molecule has 3 rings (SSSR count). The molecule has 1 atom stereocenters. The van der Waals surface area contributed by atoms with Crippen LogP contribution in [0.15, 0.2) is 54.7 Å². The number of ketones is 1. The van der Waals surface area contributed by atoms with Crippen LogP contribution in [-0.4, -0.2) is 16.5 Å². The Labute approximate surface area is 132 Å². The Balaban J connectivity index is 1.68. The number of rotatable bonds is 5. The Morgan fingerprint density at radius 2 is 1.91 bits per heavy atom. The molecule has 1 aromatic heterocycles. The number of Topliss-reactive ketones (excluding diaryl/α,β-unsaturated/α-hetero) is 1. The Hall–Kier alpha value is -2.07. The molecule has 2 nitrogen and oxygen atoms in total. The van der Waals surface area contributed by atoms with E-state index in [0.717, 1.165) is 22.0 Å². The van der Waals surface area contributed by atoms with E-state index in [1.54, 1.807) is 30.1 Å². The first-order valence-corrected chi connectivity index (χ1v) is 8.16. The Bertz CT molecular complexity index is 794. The summed E-state index contributed by atoms with van der Waals surface area (Å²) in [6, 6.07) is 14.2. The van der Waals surface area contributed by atoms with Gasteiger partial charge in [-0.25, -0.2) is 4.39 Å². The highest BCUT2D eigenvalue weighted by Crippen LogP contribution is 2.29. The zero-order chi connectivity index (χ0) is 15.5. The monoisotopic (exact) mass is 313 g/mol. The molecule has 4 heteroatoms. The van der Waals surface area contributed by atoms with Gasteiger partial charge in [-0.15, -0.1) is 11.8 Å². The van der Waals surface area contributed by atoms with Gasteiger partial charge in [0.15, 0.2) is 5.78 Å². The largest absolute Gasteiger partial charge is 0.360 e. The highest BCUT2D eigenvalue weighted by Gasteiger charge is 2.14. The smallest absolute Gasteiger partial charge is 0.174 e. The van der Waals surface area contributed by atoms with E-state index in [2.05, 4.69) is 4.98 Å². The van der Waals surface area contributed by atoms with E-state index in [9.17, 15) is 9.18 Å². The van der Waals surface area contributed by atoms with Gasteiger partial charge in [0.1, 0.15) is 5.82 Å². The SMILES string of the molecule is CC(SCC(=O)c1c[nH]c2ccccc12)c1ccc(F)cc1. The van der Waals surface area contributed by atoms with Crippen molar-refractivity contribution in [2.45, 2.75) is 12.2 Å². The maximum absolute atomic E-state index is 12.9. The predicted octanol–water partition coefficient (Wildman–Crippen LogP) is 4.98. The number of aromatic amines is 1. The molecule has 0 spiro atoms. The molecule has 112 valence electrons. The molecule has 0 bridgehead atoms. The summed E-state index contributed by atoms with van der Waals surface area (Å²) in [5.41, 5.74) is 2.73. The van der Waals surface area contributed by atoms with Crippen LogP contribution in [-0.2, 0) is 0 Å². The van der Waals surface area contributed by atoms with E-state index >= 15 is 0 Å². The van der Waals surface area contributed by atoms with Crippen molar-refractivity contribution in [3.63, 3.8) is 0 Å². The van der Waals surface area contributed by atoms with Crippen LogP contribution >= 0.6 is 11.8 Å². The highest BCUT2D eigenvalue weighted by molar-refractivity contribution is 8.00. The van der Waals surface area contributed by atoms with E-state index in [4.69, 9.17) is 0 Å². The molecule has 0 aliphatic heterocycles. The van der Waals surface area contributed by atoms with Crippen LogP contribution in [0.5, 0.6) is 0 Å². The minimum absolute atomic E-state index is 0.108. The fraction of sp³-hybridized carbons (Fsp3) is 0.167. The maximum atomic E-state index is 12.9. The second-order valence-electron chi connectivity index (χ2n) is 5.18. The molecule has 0 fully saturated rings. The predicted molar refractivity (Wildman–Crippen MR) is 89.9 cm³/mol. The van der Waals surface area contributed by atoms with Crippen molar-refractivity contribution in [3.8, 4) is 0 Å². The van der Waals surface area contributed by atoms with Gasteiger partial charge in [0.25, 0.3) is 0 Å². The molecular weight excluding hydrogens is 297 g/mol. The molecule has 0 saturated carbocycles. The second kappa shape index (κ2) is 6.36. The van der Waals surface area contributed by atoms with E-state index in [1.165, 1.54) is 12.1 Å². The van der Waals surface area contributed by atoms with Gasteiger partial charge < -0.3 is 4.98 Å². The number of fused-ring (bicyclic) bond motifs is 1. The van der Waals surface area contributed by atoms with Crippen molar-refractivity contribution in [2.75, 3.05) is 5.75 Å². The number of H-pyrrole nitrogens is 1. The zero-order valence-corrected chi connectivity index (χ0v) is 13.0. The van der Waals surface area contributed by atoms with Crippen LogP contribution in [0.4, 0.5) is 4.39 Å². The summed E-state index contributed by atoms with van der Waals surface area (Å²) in [4.78, 5) is 15.5. The number of aromatic nitrogens is 1. The second-order valence-corrected chi connectivity index (χ2v) is 6.51. The van der Waals surface area contributed by atoms with Gasteiger partial charge in [-0.1, -0.05) is 30.3 Å². The first kappa shape index (κ1) is 14.9. The summed E-state index contributed by atoms with van der Waals surface area (Å²) < 4.78 is 12.9. The van der Waals surface area contributed by atoms with Crippen molar-refractivity contribution in [3.05, 3.63) is 71.7 Å². The molecule has 3 aromatic rings. The lowest BCUT2D eigenvalue weighted by Gasteiger charge is -2.10. The Morgan fingerprint density at radius 1 is 1.18 bits per heavy atom. The fourth-order valence-electron chi connectivity index (χ4n) is 2.41. The minimum Gasteiger partial charge on any atom is -0.360 e. The first-order valence-electron chi connectivity index (χ1n) is 7.11. The van der Waals surface area contributed by atoms with Gasteiger partial charge in [-0.2, -0.15) is 0 Å². The molecule has 0 radical (unpaired) electrons. The van der Waals surface area contributed by atoms with Gasteiger partial charge in [-0.3, -0.25) is 4.79 Å². The number of benzene rings is 2. The van der Waals surface area contributed by atoms with Gasteiger partial charge in [0.2, 0.25) is 0 Å². The van der Waals surface area contributed by atoms with Gasteiger partial charge in [0, 0.05) is 27.9 Å². The van der Waals surface area contributed by atoms with Crippen LogP contribution in [0.3, 0.4) is 0 Å². The lowest BCUT2D eigenvalue weighted by atomic mass is 10.1. The number of carbonyl (C=O) groups is 1. The summed E-state index contributed by atoms with van der Waals surface area (Å²) in [6.07, 6.45) is 1.77. The van der Waals surface area contributed by atoms with Crippen LogP contribution < -0.4 is 0 Å².